The topological polar surface area (TPSA) is 46.1 Å². The summed E-state index contributed by atoms with van der Waals surface area (Å²) in [5.74, 6) is -0.00847. The summed E-state index contributed by atoms with van der Waals surface area (Å²) in [5.41, 5.74) is 4.91. The molecule has 0 aliphatic rings. The van der Waals surface area contributed by atoms with Crippen LogP contribution in [0.15, 0.2) is 12.1 Å². The average molecular weight is 209 g/mol. The van der Waals surface area contributed by atoms with Crippen molar-refractivity contribution in [2.45, 2.75) is 27.2 Å². The van der Waals surface area contributed by atoms with Crippen molar-refractivity contribution in [3.05, 3.63) is 23.5 Å². The minimum atomic E-state index is -0.00847. The van der Waals surface area contributed by atoms with Crippen LogP contribution in [0, 0.1) is 13.8 Å². The zero-order valence-electron chi connectivity index (χ0n) is 9.63. The predicted molar refractivity (Wildman–Crippen MR) is 61.4 cm³/mol. The van der Waals surface area contributed by atoms with Crippen LogP contribution in [0.3, 0.4) is 0 Å². The van der Waals surface area contributed by atoms with Crippen LogP contribution >= 0.6 is 0 Å². The standard InChI is InChI=1S/C11H19N3O/c1-4-7-12-8-11(15)13-14-9(2)5-6-10(14)3/h5-6,12H,4,7-8H2,1-3H3,(H,13,15). The number of aromatic nitrogens is 1. The highest BCUT2D eigenvalue weighted by Crippen LogP contribution is 2.03. The van der Waals surface area contributed by atoms with E-state index >= 15 is 0 Å². The van der Waals surface area contributed by atoms with Gasteiger partial charge >= 0.3 is 0 Å². The Hall–Kier alpha value is -1.29. The minimum Gasteiger partial charge on any atom is -0.308 e. The Morgan fingerprint density at radius 1 is 1.33 bits per heavy atom. The lowest BCUT2D eigenvalue weighted by Gasteiger charge is -2.11. The Kier molecular flexibility index (Phi) is 4.37. The van der Waals surface area contributed by atoms with Crippen LogP contribution in [-0.2, 0) is 4.79 Å². The molecule has 1 aromatic heterocycles. The molecule has 0 bridgehead atoms. The molecule has 1 rings (SSSR count). The van der Waals surface area contributed by atoms with Crippen molar-refractivity contribution in [2.75, 3.05) is 18.5 Å². The fourth-order valence-electron chi connectivity index (χ4n) is 1.39. The summed E-state index contributed by atoms with van der Waals surface area (Å²) < 4.78 is 1.80. The highest BCUT2D eigenvalue weighted by atomic mass is 16.2. The van der Waals surface area contributed by atoms with Crippen molar-refractivity contribution in [1.82, 2.24) is 9.99 Å². The van der Waals surface area contributed by atoms with Crippen molar-refractivity contribution in [3.8, 4) is 0 Å². The molecule has 0 spiro atoms. The van der Waals surface area contributed by atoms with Crippen LogP contribution in [0.25, 0.3) is 0 Å². The molecule has 0 radical (unpaired) electrons. The third-order valence-electron chi connectivity index (χ3n) is 2.22. The summed E-state index contributed by atoms with van der Waals surface area (Å²) in [6, 6.07) is 3.96. The number of rotatable bonds is 5. The first-order chi connectivity index (χ1) is 7.15. The summed E-state index contributed by atoms with van der Waals surface area (Å²) in [6.07, 6.45) is 1.04. The second kappa shape index (κ2) is 5.56. The normalized spacial score (nSPS) is 10.3. The zero-order valence-corrected chi connectivity index (χ0v) is 9.63. The molecule has 1 amide bonds. The van der Waals surface area contributed by atoms with Crippen LogP contribution in [0.2, 0.25) is 0 Å². The van der Waals surface area contributed by atoms with Gasteiger partial charge in [-0.25, -0.2) is 0 Å². The smallest absolute Gasteiger partial charge is 0.252 e. The van der Waals surface area contributed by atoms with E-state index in [2.05, 4.69) is 17.7 Å². The van der Waals surface area contributed by atoms with Crippen LogP contribution in [0.5, 0.6) is 0 Å². The number of nitrogens with one attached hydrogen (secondary N) is 2. The van der Waals surface area contributed by atoms with Crippen molar-refractivity contribution >= 4 is 5.91 Å². The van der Waals surface area contributed by atoms with E-state index in [4.69, 9.17) is 0 Å². The molecule has 0 saturated carbocycles. The molecular formula is C11H19N3O. The van der Waals surface area contributed by atoms with E-state index in [0.717, 1.165) is 24.4 Å². The molecular weight excluding hydrogens is 190 g/mol. The van der Waals surface area contributed by atoms with Gasteiger partial charge in [0.15, 0.2) is 0 Å². The van der Waals surface area contributed by atoms with Gasteiger partial charge in [-0.3, -0.25) is 14.9 Å². The molecule has 4 heteroatoms. The van der Waals surface area contributed by atoms with Gasteiger partial charge in [0.2, 0.25) is 0 Å². The van der Waals surface area contributed by atoms with Gasteiger partial charge < -0.3 is 5.32 Å². The third-order valence-corrected chi connectivity index (χ3v) is 2.22. The summed E-state index contributed by atoms with van der Waals surface area (Å²) in [6.45, 7) is 7.24. The maximum absolute atomic E-state index is 11.5. The molecule has 4 nitrogen and oxygen atoms in total. The number of hydrogen-bond acceptors (Lipinski definition) is 2. The second-order valence-corrected chi connectivity index (χ2v) is 3.66. The molecule has 0 unspecified atom stereocenters. The number of aryl methyl sites for hydroxylation is 2. The molecule has 84 valence electrons. The number of carbonyl (C=O) groups is 1. The van der Waals surface area contributed by atoms with E-state index in [1.54, 1.807) is 4.68 Å². The number of amides is 1. The molecule has 0 aliphatic heterocycles. The van der Waals surface area contributed by atoms with E-state index < -0.39 is 0 Å². The van der Waals surface area contributed by atoms with E-state index in [1.165, 1.54) is 0 Å². The Balaban J connectivity index is 2.44. The minimum absolute atomic E-state index is 0.00847. The molecule has 0 fully saturated rings. The molecule has 1 aromatic rings. The summed E-state index contributed by atoms with van der Waals surface area (Å²) in [5, 5.41) is 3.06. The number of carbonyl (C=O) groups excluding carboxylic acids is 1. The quantitative estimate of drug-likeness (QED) is 0.715. The SMILES string of the molecule is CCCNCC(=O)Nn1c(C)ccc1C. The Bertz CT molecular complexity index is 311. The van der Waals surface area contributed by atoms with Crippen LogP contribution in [-0.4, -0.2) is 23.7 Å². The van der Waals surface area contributed by atoms with Crippen molar-refractivity contribution < 1.29 is 4.79 Å². The molecule has 0 atom stereocenters. The third kappa shape index (κ3) is 3.40. The molecule has 0 aliphatic carbocycles. The van der Waals surface area contributed by atoms with E-state index in [-0.39, 0.29) is 5.91 Å². The van der Waals surface area contributed by atoms with E-state index in [9.17, 15) is 4.79 Å². The Morgan fingerprint density at radius 3 is 2.47 bits per heavy atom. The summed E-state index contributed by atoms with van der Waals surface area (Å²) in [4.78, 5) is 11.5. The Labute approximate surface area is 90.6 Å². The monoisotopic (exact) mass is 209 g/mol. The van der Waals surface area contributed by atoms with Gasteiger partial charge in [-0.2, -0.15) is 0 Å². The molecule has 2 N–H and O–H groups in total. The summed E-state index contributed by atoms with van der Waals surface area (Å²) >= 11 is 0. The fraction of sp³-hybridized carbons (Fsp3) is 0.545. The predicted octanol–water partition coefficient (Wildman–Crippen LogP) is 1.17. The van der Waals surface area contributed by atoms with E-state index in [1.807, 2.05) is 26.0 Å². The number of hydrogen-bond donors (Lipinski definition) is 2. The second-order valence-electron chi connectivity index (χ2n) is 3.66. The van der Waals surface area contributed by atoms with Crippen LogP contribution < -0.4 is 10.7 Å². The first kappa shape index (κ1) is 11.8. The first-order valence-electron chi connectivity index (χ1n) is 5.30. The molecule has 15 heavy (non-hydrogen) atoms. The zero-order chi connectivity index (χ0) is 11.3. The lowest BCUT2D eigenvalue weighted by atomic mass is 10.4. The van der Waals surface area contributed by atoms with Crippen molar-refractivity contribution in [3.63, 3.8) is 0 Å². The molecule has 0 saturated heterocycles. The van der Waals surface area contributed by atoms with Gasteiger partial charge in [-0.05, 0) is 38.9 Å². The number of nitrogens with zero attached hydrogens (tertiary/aromatic N) is 1. The van der Waals surface area contributed by atoms with Gasteiger partial charge in [-0.1, -0.05) is 6.92 Å². The lowest BCUT2D eigenvalue weighted by molar-refractivity contribution is -0.116. The highest BCUT2D eigenvalue weighted by molar-refractivity contribution is 5.85. The molecule has 1 heterocycles. The van der Waals surface area contributed by atoms with Gasteiger partial charge in [0.1, 0.15) is 0 Å². The van der Waals surface area contributed by atoms with E-state index in [0.29, 0.717) is 6.54 Å². The fourth-order valence-corrected chi connectivity index (χ4v) is 1.39. The summed E-state index contributed by atoms with van der Waals surface area (Å²) in [7, 11) is 0. The van der Waals surface area contributed by atoms with Gasteiger partial charge in [0.05, 0.1) is 6.54 Å². The van der Waals surface area contributed by atoms with Crippen LogP contribution in [0.4, 0.5) is 0 Å². The Morgan fingerprint density at radius 2 is 1.93 bits per heavy atom. The van der Waals surface area contributed by atoms with Gasteiger partial charge in [-0.15, -0.1) is 0 Å². The average Bonchev–Trinajstić information content (AvgIpc) is 2.50. The van der Waals surface area contributed by atoms with Crippen LogP contribution in [0.1, 0.15) is 24.7 Å². The maximum atomic E-state index is 11.5. The van der Waals surface area contributed by atoms with Crippen molar-refractivity contribution in [2.24, 2.45) is 0 Å². The largest absolute Gasteiger partial charge is 0.308 e. The van der Waals surface area contributed by atoms with Gasteiger partial charge in [0.25, 0.3) is 5.91 Å². The first-order valence-corrected chi connectivity index (χ1v) is 5.30. The molecule has 0 aromatic carbocycles. The van der Waals surface area contributed by atoms with Gasteiger partial charge in [0, 0.05) is 11.4 Å². The highest BCUT2D eigenvalue weighted by Gasteiger charge is 2.04. The van der Waals surface area contributed by atoms with Crippen molar-refractivity contribution in [1.29, 1.82) is 0 Å². The lowest BCUT2D eigenvalue weighted by Crippen LogP contribution is -2.33. The maximum Gasteiger partial charge on any atom is 0.252 e.